The number of anilines is 2. The molecule has 25 heavy (non-hydrogen) atoms. The highest BCUT2D eigenvalue weighted by molar-refractivity contribution is 6.30. The standard InChI is InChI=1S/C19H15ClN4O/c20-14-5-4-8-18(13-14)22-19(25)21-15-9-11-17(12-10-15)24-23-16-6-2-1-3-7-16/h1-13H,(H2,21,22,25). The number of carbonyl (C=O) groups is 1. The van der Waals surface area contributed by atoms with Gasteiger partial charge in [0.05, 0.1) is 11.4 Å². The number of hydrogen-bond donors (Lipinski definition) is 2. The van der Waals surface area contributed by atoms with E-state index in [0.29, 0.717) is 22.1 Å². The van der Waals surface area contributed by atoms with E-state index in [0.717, 1.165) is 5.69 Å². The monoisotopic (exact) mass is 350 g/mol. The number of nitrogens with one attached hydrogen (secondary N) is 2. The van der Waals surface area contributed by atoms with E-state index in [2.05, 4.69) is 20.9 Å². The van der Waals surface area contributed by atoms with Crippen molar-refractivity contribution < 1.29 is 4.79 Å². The van der Waals surface area contributed by atoms with E-state index in [1.54, 1.807) is 48.5 Å². The molecule has 0 saturated heterocycles. The number of hydrogen-bond acceptors (Lipinski definition) is 3. The zero-order chi connectivity index (χ0) is 17.5. The molecule has 124 valence electrons. The van der Waals surface area contributed by atoms with Crippen molar-refractivity contribution in [2.24, 2.45) is 10.2 Å². The van der Waals surface area contributed by atoms with Gasteiger partial charge >= 0.3 is 6.03 Å². The Kier molecular flexibility index (Phi) is 5.39. The lowest BCUT2D eigenvalue weighted by Gasteiger charge is -2.08. The molecule has 3 rings (SSSR count). The second kappa shape index (κ2) is 8.08. The van der Waals surface area contributed by atoms with Gasteiger partial charge in [0.15, 0.2) is 0 Å². The minimum absolute atomic E-state index is 0.346. The number of azo groups is 1. The van der Waals surface area contributed by atoms with Crippen molar-refractivity contribution in [3.05, 3.63) is 83.9 Å². The lowest BCUT2D eigenvalue weighted by molar-refractivity contribution is 0.262. The fourth-order valence-corrected chi connectivity index (χ4v) is 2.27. The molecular weight excluding hydrogens is 336 g/mol. The van der Waals surface area contributed by atoms with Crippen LogP contribution in [0.15, 0.2) is 89.1 Å². The Morgan fingerprint density at radius 1 is 0.720 bits per heavy atom. The van der Waals surface area contributed by atoms with Gasteiger partial charge in [0.25, 0.3) is 0 Å². The third-order valence-corrected chi connectivity index (χ3v) is 3.48. The molecule has 0 spiro atoms. The first-order valence-corrected chi connectivity index (χ1v) is 7.97. The summed E-state index contributed by atoms with van der Waals surface area (Å²) < 4.78 is 0. The van der Waals surface area contributed by atoms with Gasteiger partial charge in [0.2, 0.25) is 0 Å². The second-order valence-electron chi connectivity index (χ2n) is 5.17. The first-order valence-electron chi connectivity index (χ1n) is 7.59. The number of benzene rings is 3. The van der Waals surface area contributed by atoms with Gasteiger partial charge in [-0.25, -0.2) is 4.79 Å². The summed E-state index contributed by atoms with van der Waals surface area (Å²) in [4.78, 5) is 12.0. The summed E-state index contributed by atoms with van der Waals surface area (Å²) >= 11 is 5.89. The molecule has 0 heterocycles. The largest absolute Gasteiger partial charge is 0.323 e. The molecule has 0 aliphatic rings. The van der Waals surface area contributed by atoms with Crippen LogP contribution < -0.4 is 10.6 Å². The van der Waals surface area contributed by atoms with Gasteiger partial charge in [-0.1, -0.05) is 35.9 Å². The lowest BCUT2D eigenvalue weighted by atomic mass is 10.3. The SMILES string of the molecule is O=C(Nc1ccc(N=Nc2ccccc2)cc1)Nc1cccc(Cl)c1. The topological polar surface area (TPSA) is 65.8 Å². The Labute approximate surface area is 150 Å². The normalized spacial score (nSPS) is 10.6. The Morgan fingerprint density at radius 3 is 2.04 bits per heavy atom. The van der Waals surface area contributed by atoms with E-state index in [-0.39, 0.29) is 6.03 Å². The summed E-state index contributed by atoms with van der Waals surface area (Å²) in [5, 5.41) is 14.3. The first-order chi connectivity index (χ1) is 12.2. The van der Waals surface area contributed by atoms with Gasteiger partial charge < -0.3 is 10.6 Å². The first kappa shape index (κ1) is 16.7. The molecule has 0 aliphatic heterocycles. The van der Waals surface area contributed by atoms with E-state index < -0.39 is 0 Å². The van der Waals surface area contributed by atoms with Crippen LogP contribution in [-0.2, 0) is 0 Å². The van der Waals surface area contributed by atoms with Gasteiger partial charge in [-0.2, -0.15) is 10.2 Å². The maximum atomic E-state index is 12.0. The summed E-state index contributed by atoms with van der Waals surface area (Å²) in [7, 11) is 0. The summed E-state index contributed by atoms with van der Waals surface area (Å²) in [6.07, 6.45) is 0. The highest BCUT2D eigenvalue weighted by atomic mass is 35.5. The van der Waals surface area contributed by atoms with E-state index in [1.807, 2.05) is 30.3 Å². The smallest absolute Gasteiger partial charge is 0.308 e. The van der Waals surface area contributed by atoms with Crippen LogP contribution in [0.4, 0.5) is 27.5 Å². The van der Waals surface area contributed by atoms with Crippen LogP contribution in [0.1, 0.15) is 0 Å². The van der Waals surface area contributed by atoms with Crippen molar-refractivity contribution in [2.45, 2.75) is 0 Å². The molecule has 3 aromatic carbocycles. The third kappa shape index (κ3) is 5.16. The van der Waals surface area contributed by atoms with Crippen LogP contribution >= 0.6 is 11.6 Å². The minimum atomic E-state index is -0.346. The molecule has 0 unspecified atom stereocenters. The fourth-order valence-electron chi connectivity index (χ4n) is 2.08. The number of carbonyl (C=O) groups excluding carboxylic acids is 1. The lowest BCUT2D eigenvalue weighted by Crippen LogP contribution is -2.19. The van der Waals surface area contributed by atoms with Crippen molar-refractivity contribution in [3.63, 3.8) is 0 Å². The van der Waals surface area contributed by atoms with Crippen molar-refractivity contribution in [2.75, 3.05) is 10.6 Å². The molecule has 0 aliphatic carbocycles. The summed E-state index contributed by atoms with van der Waals surface area (Å²) in [5.74, 6) is 0. The van der Waals surface area contributed by atoms with Crippen LogP contribution in [0.2, 0.25) is 5.02 Å². The molecule has 5 nitrogen and oxygen atoms in total. The van der Waals surface area contributed by atoms with Gasteiger partial charge in [0.1, 0.15) is 0 Å². The van der Waals surface area contributed by atoms with Gasteiger partial charge in [0, 0.05) is 16.4 Å². The van der Waals surface area contributed by atoms with E-state index in [4.69, 9.17) is 11.6 Å². The van der Waals surface area contributed by atoms with Gasteiger partial charge in [-0.15, -0.1) is 0 Å². The summed E-state index contributed by atoms with van der Waals surface area (Å²) in [6.45, 7) is 0. The average Bonchev–Trinajstić information content (AvgIpc) is 2.62. The molecule has 0 atom stereocenters. The van der Waals surface area contributed by atoms with E-state index >= 15 is 0 Å². The van der Waals surface area contributed by atoms with Crippen molar-refractivity contribution >= 4 is 40.4 Å². The van der Waals surface area contributed by atoms with Crippen LogP contribution in [0.3, 0.4) is 0 Å². The molecule has 0 bridgehead atoms. The fraction of sp³-hybridized carbons (Fsp3) is 0. The van der Waals surface area contributed by atoms with E-state index in [1.165, 1.54) is 0 Å². The summed E-state index contributed by atoms with van der Waals surface area (Å²) in [5.41, 5.74) is 2.76. The van der Waals surface area contributed by atoms with Crippen LogP contribution in [0.5, 0.6) is 0 Å². The van der Waals surface area contributed by atoms with Gasteiger partial charge in [-0.05, 0) is 54.6 Å². The highest BCUT2D eigenvalue weighted by Gasteiger charge is 2.03. The zero-order valence-electron chi connectivity index (χ0n) is 13.2. The van der Waals surface area contributed by atoms with Crippen LogP contribution in [-0.4, -0.2) is 6.03 Å². The molecule has 0 aromatic heterocycles. The maximum absolute atomic E-state index is 12.0. The Hall–Kier alpha value is -3.18. The molecule has 2 N–H and O–H groups in total. The zero-order valence-corrected chi connectivity index (χ0v) is 13.9. The van der Waals surface area contributed by atoms with Crippen LogP contribution in [0.25, 0.3) is 0 Å². The summed E-state index contributed by atoms with van der Waals surface area (Å²) in [6, 6.07) is 23.2. The number of amides is 2. The molecule has 2 amide bonds. The molecule has 0 radical (unpaired) electrons. The molecule has 3 aromatic rings. The molecule has 0 fully saturated rings. The quantitative estimate of drug-likeness (QED) is 0.525. The Balaban J connectivity index is 1.58. The van der Waals surface area contributed by atoms with Gasteiger partial charge in [-0.3, -0.25) is 0 Å². The second-order valence-corrected chi connectivity index (χ2v) is 5.61. The molecular formula is C19H15ClN4O. The highest BCUT2D eigenvalue weighted by Crippen LogP contribution is 2.20. The average molecular weight is 351 g/mol. The van der Waals surface area contributed by atoms with E-state index in [9.17, 15) is 4.79 Å². The number of urea groups is 1. The van der Waals surface area contributed by atoms with Crippen LogP contribution in [0, 0.1) is 0 Å². The minimum Gasteiger partial charge on any atom is -0.308 e. The maximum Gasteiger partial charge on any atom is 0.323 e. The number of rotatable bonds is 4. The van der Waals surface area contributed by atoms with Crippen molar-refractivity contribution in [1.82, 2.24) is 0 Å². The Bertz CT molecular complexity index is 879. The molecule has 6 heteroatoms. The third-order valence-electron chi connectivity index (χ3n) is 3.24. The van der Waals surface area contributed by atoms with Crippen molar-refractivity contribution in [1.29, 1.82) is 0 Å². The number of halogens is 1. The Morgan fingerprint density at radius 2 is 1.36 bits per heavy atom. The predicted molar refractivity (Wildman–Crippen MR) is 101 cm³/mol. The predicted octanol–water partition coefficient (Wildman–Crippen LogP) is 6.40. The number of nitrogens with zero attached hydrogens (tertiary/aromatic N) is 2. The molecule has 0 saturated carbocycles. The van der Waals surface area contributed by atoms with Crippen molar-refractivity contribution in [3.8, 4) is 0 Å².